The lowest BCUT2D eigenvalue weighted by molar-refractivity contribution is 0.0523. The molecule has 0 saturated carbocycles. The molecule has 4 heteroatoms. The molecule has 104 valence electrons. The molecule has 2 rings (SSSR count). The van der Waals surface area contributed by atoms with Gasteiger partial charge < -0.3 is 14.6 Å². The molecule has 0 aliphatic rings. The summed E-state index contributed by atoms with van der Waals surface area (Å²) in [6, 6.07) is 12.3. The average Bonchev–Trinajstić information content (AvgIpc) is 2.48. The summed E-state index contributed by atoms with van der Waals surface area (Å²) in [6.07, 6.45) is 0. The maximum Gasteiger partial charge on any atom is 0.341 e. The molecule has 2 aromatic rings. The van der Waals surface area contributed by atoms with E-state index in [-0.39, 0.29) is 17.9 Å². The third-order valence-electron chi connectivity index (χ3n) is 2.92. The monoisotopic (exact) mass is 272 g/mol. The number of ether oxygens (including phenoxy) is 2. The van der Waals surface area contributed by atoms with Crippen molar-refractivity contribution in [3.05, 3.63) is 48.0 Å². The highest BCUT2D eigenvalue weighted by Crippen LogP contribution is 2.27. The number of phenols is 1. The van der Waals surface area contributed by atoms with E-state index < -0.39 is 5.97 Å². The smallest absolute Gasteiger partial charge is 0.341 e. The average molecular weight is 272 g/mol. The molecule has 0 unspecified atom stereocenters. The Hall–Kier alpha value is -2.49. The Morgan fingerprint density at radius 2 is 1.75 bits per heavy atom. The maximum atomic E-state index is 11.7. The number of carbonyl (C=O) groups excluding carboxylic acids is 1. The van der Waals surface area contributed by atoms with Gasteiger partial charge in [-0.2, -0.15) is 0 Å². The molecule has 0 amide bonds. The highest BCUT2D eigenvalue weighted by molar-refractivity contribution is 5.94. The number of hydrogen-bond acceptors (Lipinski definition) is 4. The molecule has 0 atom stereocenters. The van der Waals surface area contributed by atoms with E-state index in [0.717, 1.165) is 16.9 Å². The van der Waals surface area contributed by atoms with Gasteiger partial charge in [-0.25, -0.2) is 4.79 Å². The van der Waals surface area contributed by atoms with E-state index in [4.69, 9.17) is 9.47 Å². The van der Waals surface area contributed by atoms with E-state index in [9.17, 15) is 9.90 Å². The molecule has 0 aliphatic carbocycles. The molecule has 0 aliphatic heterocycles. The second-order valence-electron chi connectivity index (χ2n) is 4.18. The highest BCUT2D eigenvalue weighted by atomic mass is 16.5. The van der Waals surface area contributed by atoms with Crippen LogP contribution in [0, 0.1) is 0 Å². The fourth-order valence-electron chi connectivity index (χ4n) is 1.87. The zero-order valence-corrected chi connectivity index (χ0v) is 11.4. The molecule has 0 radical (unpaired) electrons. The Bertz CT molecular complexity index is 602. The fraction of sp³-hybridized carbons (Fsp3) is 0.188. The van der Waals surface area contributed by atoms with Crippen molar-refractivity contribution in [1.82, 2.24) is 0 Å². The van der Waals surface area contributed by atoms with E-state index in [1.54, 1.807) is 26.2 Å². The van der Waals surface area contributed by atoms with Crippen molar-refractivity contribution < 1.29 is 19.4 Å². The predicted octanol–water partition coefficient (Wildman–Crippen LogP) is 3.24. The number of aromatic hydroxyl groups is 1. The first-order valence-electron chi connectivity index (χ1n) is 6.30. The lowest BCUT2D eigenvalue weighted by Crippen LogP contribution is -2.05. The molecule has 4 nitrogen and oxygen atoms in total. The molecule has 20 heavy (non-hydrogen) atoms. The molecule has 1 N–H and O–H groups in total. The molecule has 0 fully saturated rings. The van der Waals surface area contributed by atoms with Crippen LogP contribution in [0.15, 0.2) is 42.5 Å². The zero-order chi connectivity index (χ0) is 14.5. The summed E-state index contributed by atoms with van der Waals surface area (Å²) in [6.45, 7) is 1.99. The maximum absolute atomic E-state index is 11.7. The van der Waals surface area contributed by atoms with Crippen LogP contribution in [-0.2, 0) is 4.74 Å². The van der Waals surface area contributed by atoms with Gasteiger partial charge in [0, 0.05) is 0 Å². The summed E-state index contributed by atoms with van der Waals surface area (Å²) in [5.41, 5.74) is 1.92. The molecule has 0 heterocycles. The molecule has 2 aromatic carbocycles. The number of carbonyl (C=O) groups is 1. The molecule has 0 saturated heterocycles. The number of hydrogen-bond donors (Lipinski definition) is 1. The van der Waals surface area contributed by atoms with Gasteiger partial charge in [0.1, 0.15) is 17.1 Å². The van der Waals surface area contributed by atoms with Gasteiger partial charge in [0.05, 0.1) is 13.7 Å². The van der Waals surface area contributed by atoms with Crippen LogP contribution < -0.4 is 4.74 Å². The van der Waals surface area contributed by atoms with E-state index in [0.29, 0.717) is 0 Å². The van der Waals surface area contributed by atoms with Gasteiger partial charge in [-0.3, -0.25) is 0 Å². The van der Waals surface area contributed by atoms with Crippen LogP contribution in [0.2, 0.25) is 0 Å². The third-order valence-corrected chi connectivity index (χ3v) is 2.92. The van der Waals surface area contributed by atoms with Crippen molar-refractivity contribution in [2.45, 2.75) is 6.92 Å². The van der Waals surface area contributed by atoms with E-state index in [1.807, 2.05) is 24.3 Å². The Morgan fingerprint density at radius 3 is 2.35 bits per heavy atom. The minimum Gasteiger partial charge on any atom is -0.507 e. The molecule has 0 spiro atoms. The number of esters is 1. The molecular formula is C16H16O4. The van der Waals surface area contributed by atoms with Crippen molar-refractivity contribution >= 4 is 5.97 Å². The predicted molar refractivity (Wildman–Crippen MR) is 76.1 cm³/mol. The van der Waals surface area contributed by atoms with Crippen molar-refractivity contribution in [3.8, 4) is 22.6 Å². The number of rotatable bonds is 4. The molecular weight excluding hydrogens is 256 g/mol. The Morgan fingerprint density at radius 1 is 1.10 bits per heavy atom. The largest absolute Gasteiger partial charge is 0.507 e. The number of methoxy groups -OCH3 is 1. The topological polar surface area (TPSA) is 55.8 Å². The van der Waals surface area contributed by atoms with Crippen molar-refractivity contribution in [3.63, 3.8) is 0 Å². The van der Waals surface area contributed by atoms with Crippen LogP contribution in [-0.4, -0.2) is 24.8 Å². The minimum atomic E-state index is -0.527. The van der Waals surface area contributed by atoms with Gasteiger partial charge in [0.15, 0.2) is 0 Å². The first-order valence-corrected chi connectivity index (χ1v) is 6.30. The van der Waals surface area contributed by atoms with Gasteiger partial charge in [0.25, 0.3) is 0 Å². The summed E-state index contributed by atoms with van der Waals surface area (Å²) in [7, 11) is 1.61. The van der Waals surface area contributed by atoms with Gasteiger partial charge in [-0.05, 0) is 42.3 Å². The van der Waals surface area contributed by atoms with Gasteiger partial charge in [0.2, 0.25) is 0 Å². The zero-order valence-electron chi connectivity index (χ0n) is 11.4. The molecule has 0 aromatic heterocycles. The normalized spacial score (nSPS) is 10.1. The minimum absolute atomic E-state index is 0.0827. The quantitative estimate of drug-likeness (QED) is 0.868. The Labute approximate surface area is 117 Å². The second-order valence-corrected chi connectivity index (χ2v) is 4.18. The van der Waals surface area contributed by atoms with Crippen LogP contribution in [0.3, 0.4) is 0 Å². The fourth-order valence-corrected chi connectivity index (χ4v) is 1.87. The lowest BCUT2D eigenvalue weighted by Gasteiger charge is -2.08. The van der Waals surface area contributed by atoms with E-state index in [1.165, 1.54) is 6.07 Å². The van der Waals surface area contributed by atoms with Crippen LogP contribution in [0.1, 0.15) is 17.3 Å². The van der Waals surface area contributed by atoms with Crippen LogP contribution in [0.25, 0.3) is 11.1 Å². The summed E-state index contributed by atoms with van der Waals surface area (Å²) in [5, 5.41) is 9.74. The van der Waals surface area contributed by atoms with Crippen LogP contribution >= 0.6 is 0 Å². The summed E-state index contributed by atoms with van der Waals surface area (Å²) < 4.78 is 10.0. The highest BCUT2D eigenvalue weighted by Gasteiger charge is 2.13. The van der Waals surface area contributed by atoms with Crippen molar-refractivity contribution in [1.29, 1.82) is 0 Å². The van der Waals surface area contributed by atoms with E-state index >= 15 is 0 Å². The van der Waals surface area contributed by atoms with Gasteiger partial charge >= 0.3 is 5.97 Å². The SMILES string of the molecule is CCOC(=O)c1cc(-c2ccc(OC)cc2)ccc1O. The van der Waals surface area contributed by atoms with Gasteiger partial charge in [-0.1, -0.05) is 18.2 Å². The van der Waals surface area contributed by atoms with E-state index in [2.05, 4.69) is 0 Å². The number of phenolic OH excluding ortho intramolecular Hbond substituents is 1. The first-order chi connectivity index (χ1) is 9.65. The van der Waals surface area contributed by atoms with Crippen LogP contribution in [0.5, 0.6) is 11.5 Å². The standard InChI is InChI=1S/C16H16O4/c1-3-20-16(18)14-10-12(6-9-15(14)17)11-4-7-13(19-2)8-5-11/h4-10,17H,3H2,1-2H3. The van der Waals surface area contributed by atoms with Gasteiger partial charge in [-0.15, -0.1) is 0 Å². The molecule has 0 bridgehead atoms. The van der Waals surface area contributed by atoms with Crippen molar-refractivity contribution in [2.24, 2.45) is 0 Å². The van der Waals surface area contributed by atoms with Crippen LogP contribution in [0.4, 0.5) is 0 Å². The summed E-state index contributed by atoms with van der Waals surface area (Å²) in [5.74, 6) is 0.152. The lowest BCUT2D eigenvalue weighted by atomic mass is 10.0. The first kappa shape index (κ1) is 13.9. The second kappa shape index (κ2) is 6.10. The Balaban J connectivity index is 2.37. The summed E-state index contributed by atoms with van der Waals surface area (Å²) in [4.78, 5) is 11.7. The third kappa shape index (κ3) is 2.91. The Kier molecular flexibility index (Phi) is 4.25. The number of benzene rings is 2. The summed E-state index contributed by atoms with van der Waals surface area (Å²) >= 11 is 0. The van der Waals surface area contributed by atoms with Crippen molar-refractivity contribution in [2.75, 3.05) is 13.7 Å².